The van der Waals surface area contributed by atoms with Crippen LogP contribution in [0.4, 0.5) is 0 Å². The van der Waals surface area contributed by atoms with Crippen molar-refractivity contribution in [3.8, 4) is 22.8 Å². The van der Waals surface area contributed by atoms with Gasteiger partial charge in [-0.15, -0.1) is 0 Å². The molecule has 6 nitrogen and oxygen atoms in total. The van der Waals surface area contributed by atoms with Crippen molar-refractivity contribution in [1.29, 1.82) is 0 Å². The van der Waals surface area contributed by atoms with Gasteiger partial charge in [0.1, 0.15) is 5.69 Å². The third-order valence-corrected chi connectivity index (χ3v) is 6.25. The van der Waals surface area contributed by atoms with E-state index in [4.69, 9.17) is 26.1 Å². The van der Waals surface area contributed by atoms with Crippen LogP contribution in [0.5, 0.6) is 11.5 Å². The number of nitrogens with one attached hydrogen (secondary N) is 2. The van der Waals surface area contributed by atoms with Gasteiger partial charge in [-0.3, -0.25) is 4.79 Å². The molecule has 0 saturated carbocycles. The van der Waals surface area contributed by atoms with Crippen molar-refractivity contribution in [3.05, 3.63) is 89.1 Å². The molecular weight excluding hydrogens is 462 g/mol. The minimum absolute atomic E-state index is 0.241. The number of amides is 1. The molecule has 0 fully saturated rings. The van der Waals surface area contributed by atoms with Gasteiger partial charge in [0.05, 0.1) is 25.4 Å². The van der Waals surface area contributed by atoms with Crippen LogP contribution in [-0.2, 0) is 6.42 Å². The van der Waals surface area contributed by atoms with E-state index in [9.17, 15) is 4.79 Å². The standard InChI is InChI=1S/C28H24ClN3O3/c1-34-24-9-5-7-20(27(24)35-2)25-26-21(19-6-3-4-8-22(19)31-26)16-23(32-25)28(33)30-15-14-17-10-12-18(29)13-11-17/h3-13,16,31H,14-15H2,1-2H3,(H,30,33). The number of carbonyl (C=O) groups is 1. The summed E-state index contributed by atoms with van der Waals surface area (Å²) < 4.78 is 11.2. The van der Waals surface area contributed by atoms with Gasteiger partial charge in [-0.1, -0.05) is 48.0 Å². The fourth-order valence-electron chi connectivity index (χ4n) is 4.29. The molecule has 0 aliphatic rings. The van der Waals surface area contributed by atoms with Crippen molar-refractivity contribution >= 4 is 39.3 Å². The lowest BCUT2D eigenvalue weighted by Gasteiger charge is -2.14. The second-order valence-corrected chi connectivity index (χ2v) is 8.56. The number of ether oxygens (including phenoxy) is 2. The summed E-state index contributed by atoms with van der Waals surface area (Å²) >= 11 is 5.96. The molecule has 0 spiro atoms. The summed E-state index contributed by atoms with van der Waals surface area (Å²) in [5.74, 6) is 0.908. The van der Waals surface area contributed by atoms with E-state index in [1.165, 1.54) is 0 Å². The van der Waals surface area contributed by atoms with Gasteiger partial charge < -0.3 is 19.8 Å². The Kier molecular flexibility index (Phi) is 6.29. The first kappa shape index (κ1) is 22.7. The third-order valence-electron chi connectivity index (χ3n) is 6.00. The zero-order valence-electron chi connectivity index (χ0n) is 19.4. The zero-order valence-corrected chi connectivity index (χ0v) is 20.1. The summed E-state index contributed by atoms with van der Waals surface area (Å²) in [6, 6.07) is 23.1. The topological polar surface area (TPSA) is 76.2 Å². The number of benzene rings is 3. The van der Waals surface area contributed by atoms with Gasteiger partial charge >= 0.3 is 0 Å². The van der Waals surface area contributed by atoms with Crippen molar-refractivity contribution in [2.75, 3.05) is 20.8 Å². The number of methoxy groups -OCH3 is 2. The van der Waals surface area contributed by atoms with E-state index in [0.29, 0.717) is 40.9 Å². The molecule has 0 atom stereocenters. The van der Waals surface area contributed by atoms with Gasteiger partial charge in [-0.25, -0.2) is 4.98 Å². The quantitative estimate of drug-likeness (QED) is 0.295. The van der Waals surface area contributed by atoms with Gasteiger partial charge in [0, 0.05) is 33.4 Å². The van der Waals surface area contributed by atoms with E-state index in [1.807, 2.05) is 72.8 Å². The molecule has 5 aromatic rings. The average molecular weight is 486 g/mol. The van der Waals surface area contributed by atoms with Gasteiger partial charge in [-0.05, 0) is 48.4 Å². The number of carbonyl (C=O) groups excluding carboxylic acids is 1. The van der Waals surface area contributed by atoms with Gasteiger partial charge in [-0.2, -0.15) is 0 Å². The van der Waals surface area contributed by atoms with Gasteiger partial charge in [0.25, 0.3) is 5.91 Å². The number of aromatic amines is 1. The Morgan fingerprint density at radius 2 is 1.77 bits per heavy atom. The predicted molar refractivity (Wildman–Crippen MR) is 140 cm³/mol. The summed E-state index contributed by atoms with van der Waals surface area (Å²) in [5, 5.41) is 5.62. The molecule has 176 valence electrons. The number of fused-ring (bicyclic) bond motifs is 3. The largest absolute Gasteiger partial charge is 0.493 e. The maximum absolute atomic E-state index is 13.2. The van der Waals surface area contributed by atoms with Crippen LogP contribution in [-0.4, -0.2) is 36.6 Å². The summed E-state index contributed by atoms with van der Waals surface area (Å²) in [5.41, 5.74) is 4.58. The molecule has 5 rings (SSSR count). The first-order chi connectivity index (χ1) is 17.1. The number of rotatable bonds is 7. The molecule has 2 N–H and O–H groups in total. The first-order valence-corrected chi connectivity index (χ1v) is 11.6. The van der Waals surface area contributed by atoms with Crippen LogP contribution in [0.25, 0.3) is 33.1 Å². The maximum Gasteiger partial charge on any atom is 0.269 e. The van der Waals surface area contributed by atoms with E-state index in [2.05, 4.69) is 10.3 Å². The van der Waals surface area contributed by atoms with Crippen LogP contribution in [0.3, 0.4) is 0 Å². The Balaban J connectivity index is 1.57. The Hall–Kier alpha value is -4.03. The third kappa shape index (κ3) is 4.40. The predicted octanol–water partition coefficient (Wildman–Crippen LogP) is 6.03. The fraction of sp³-hybridized carbons (Fsp3) is 0.143. The smallest absolute Gasteiger partial charge is 0.269 e. The highest BCUT2D eigenvalue weighted by Crippen LogP contribution is 2.41. The van der Waals surface area contributed by atoms with Crippen LogP contribution in [0.15, 0.2) is 72.8 Å². The van der Waals surface area contributed by atoms with E-state index in [1.54, 1.807) is 14.2 Å². The molecule has 35 heavy (non-hydrogen) atoms. The number of H-pyrrole nitrogens is 1. The molecule has 3 aromatic carbocycles. The Morgan fingerprint density at radius 3 is 2.54 bits per heavy atom. The van der Waals surface area contributed by atoms with Gasteiger partial charge in [0.2, 0.25) is 0 Å². The molecule has 0 radical (unpaired) electrons. The Morgan fingerprint density at radius 1 is 0.971 bits per heavy atom. The van der Waals surface area contributed by atoms with Crippen molar-refractivity contribution in [1.82, 2.24) is 15.3 Å². The second-order valence-electron chi connectivity index (χ2n) is 8.12. The molecule has 0 aliphatic carbocycles. The van der Waals surface area contributed by atoms with Crippen LogP contribution in [0.1, 0.15) is 16.1 Å². The first-order valence-electron chi connectivity index (χ1n) is 11.2. The number of hydrogen-bond donors (Lipinski definition) is 2. The lowest BCUT2D eigenvalue weighted by atomic mass is 10.0. The number of hydrogen-bond acceptors (Lipinski definition) is 4. The number of nitrogens with zero attached hydrogens (tertiary/aromatic N) is 1. The Labute approximate surface area is 207 Å². The Bertz CT molecular complexity index is 1530. The molecule has 0 unspecified atom stereocenters. The van der Waals surface area contributed by atoms with Crippen molar-refractivity contribution in [2.24, 2.45) is 0 Å². The van der Waals surface area contributed by atoms with E-state index < -0.39 is 0 Å². The minimum Gasteiger partial charge on any atom is -0.493 e. The SMILES string of the molecule is COc1cccc(-c2nc(C(=O)NCCc3ccc(Cl)cc3)cc3c2[nH]c2ccccc23)c1OC. The van der Waals surface area contributed by atoms with Gasteiger partial charge in [0.15, 0.2) is 11.5 Å². The summed E-state index contributed by atoms with van der Waals surface area (Å²) in [6.07, 6.45) is 0.689. The normalized spacial score (nSPS) is 11.1. The summed E-state index contributed by atoms with van der Waals surface area (Å²) in [4.78, 5) is 21.5. The molecule has 7 heteroatoms. The number of halogens is 1. The minimum atomic E-state index is -0.241. The van der Waals surface area contributed by atoms with Crippen molar-refractivity contribution in [2.45, 2.75) is 6.42 Å². The highest BCUT2D eigenvalue weighted by atomic mass is 35.5. The van der Waals surface area contributed by atoms with Crippen LogP contribution in [0, 0.1) is 0 Å². The summed E-state index contributed by atoms with van der Waals surface area (Å²) in [7, 11) is 3.19. The second kappa shape index (κ2) is 9.68. The lowest BCUT2D eigenvalue weighted by Crippen LogP contribution is -2.26. The molecule has 2 aromatic heterocycles. The monoisotopic (exact) mass is 485 g/mol. The van der Waals surface area contributed by atoms with E-state index >= 15 is 0 Å². The molecule has 2 heterocycles. The summed E-state index contributed by atoms with van der Waals surface area (Å²) in [6.45, 7) is 0.478. The fourth-order valence-corrected chi connectivity index (χ4v) is 4.42. The average Bonchev–Trinajstić information content (AvgIpc) is 3.27. The zero-order chi connectivity index (χ0) is 24.4. The number of pyridine rings is 1. The molecule has 0 bridgehead atoms. The lowest BCUT2D eigenvalue weighted by molar-refractivity contribution is 0.0949. The van der Waals surface area contributed by atoms with Crippen molar-refractivity contribution in [3.63, 3.8) is 0 Å². The molecule has 0 aliphatic heterocycles. The molecule has 1 amide bonds. The van der Waals surface area contributed by atoms with E-state index in [0.717, 1.165) is 32.9 Å². The highest BCUT2D eigenvalue weighted by Gasteiger charge is 2.20. The molecule has 0 saturated heterocycles. The van der Waals surface area contributed by atoms with Crippen LogP contribution in [0.2, 0.25) is 5.02 Å². The number of para-hydroxylation sites is 2. The van der Waals surface area contributed by atoms with Crippen LogP contribution < -0.4 is 14.8 Å². The van der Waals surface area contributed by atoms with E-state index in [-0.39, 0.29) is 5.91 Å². The van der Waals surface area contributed by atoms with Crippen molar-refractivity contribution < 1.29 is 14.3 Å². The highest BCUT2D eigenvalue weighted by molar-refractivity contribution is 6.30. The number of aromatic nitrogens is 2. The molecular formula is C28H24ClN3O3. The van der Waals surface area contributed by atoms with Crippen LogP contribution >= 0.6 is 11.6 Å². The maximum atomic E-state index is 13.2.